The highest BCUT2D eigenvalue weighted by Crippen LogP contribution is 2.24. The molecule has 132 valence electrons. The molecule has 3 rings (SSSR count). The Hall–Kier alpha value is -3.39. The maximum absolute atomic E-state index is 12.5. The molecule has 0 saturated heterocycles. The third kappa shape index (κ3) is 3.98. The molecule has 0 bridgehead atoms. The van der Waals surface area contributed by atoms with Gasteiger partial charge in [-0.25, -0.2) is 4.68 Å². The average Bonchev–Trinajstić information content (AvgIpc) is 3.10. The number of para-hydroxylation sites is 2. The SMILES string of the molecule is O=C(Nc1ccccc1[N+](=O)[O-])c1ccnn1COc1ccc(Cl)cc1. The number of halogens is 1. The largest absolute Gasteiger partial charge is 0.471 e. The molecule has 0 unspecified atom stereocenters. The number of nitrogens with one attached hydrogen (secondary N) is 1. The Kier molecular flexibility index (Phi) is 5.14. The summed E-state index contributed by atoms with van der Waals surface area (Å²) < 4.78 is 6.91. The number of nitro benzene ring substituents is 1. The van der Waals surface area contributed by atoms with Gasteiger partial charge in [-0.3, -0.25) is 14.9 Å². The predicted molar refractivity (Wildman–Crippen MR) is 95.4 cm³/mol. The van der Waals surface area contributed by atoms with Crippen LogP contribution in [0.4, 0.5) is 11.4 Å². The summed E-state index contributed by atoms with van der Waals surface area (Å²) in [5.41, 5.74) is 0.121. The molecule has 0 fully saturated rings. The lowest BCUT2D eigenvalue weighted by Gasteiger charge is -2.10. The van der Waals surface area contributed by atoms with Crippen molar-refractivity contribution in [3.8, 4) is 5.75 Å². The highest BCUT2D eigenvalue weighted by Gasteiger charge is 2.18. The fourth-order valence-corrected chi connectivity index (χ4v) is 2.35. The first-order chi connectivity index (χ1) is 12.5. The van der Waals surface area contributed by atoms with E-state index in [2.05, 4.69) is 10.4 Å². The van der Waals surface area contributed by atoms with Crippen LogP contribution in [0.25, 0.3) is 0 Å². The van der Waals surface area contributed by atoms with E-state index in [4.69, 9.17) is 16.3 Å². The lowest BCUT2D eigenvalue weighted by atomic mass is 10.2. The van der Waals surface area contributed by atoms with Gasteiger partial charge in [-0.1, -0.05) is 23.7 Å². The van der Waals surface area contributed by atoms with Gasteiger partial charge in [-0.2, -0.15) is 5.10 Å². The van der Waals surface area contributed by atoms with Crippen LogP contribution in [0.1, 0.15) is 10.5 Å². The van der Waals surface area contributed by atoms with E-state index in [1.807, 2.05) is 0 Å². The summed E-state index contributed by atoms with van der Waals surface area (Å²) in [6.45, 7) is -0.00569. The van der Waals surface area contributed by atoms with Gasteiger partial charge in [0.15, 0.2) is 6.73 Å². The highest BCUT2D eigenvalue weighted by molar-refractivity contribution is 6.30. The molecule has 9 heteroatoms. The summed E-state index contributed by atoms with van der Waals surface area (Å²) >= 11 is 5.82. The van der Waals surface area contributed by atoms with Gasteiger partial charge in [0.25, 0.3) is 11.6 Å². The first kappa shape index (κ1) is 17.4. The van der Waals surface area contributed by atoms with Crippen LogP contribution in [0.3, 0.4) is 0 Å². The van der Waals surface area contributed by atoms with Crippen LogP contribution in [0, 0.1) is 10.1 Å². The molecule has 1 amide bonds. The first-order valence-electron chi connectivity index (χ1n) is 7.49. The van der Waals surface area contributed by atoms with E-state index in [1.165, 1.54) is 35.1 Å². The standard InChI is InChI=1S/C17H13ClN4O4/c18-12-5-7-13(8-6-12)26-11-21-16(9-10-19-21)17(23)20-14-3-1-2-4-15(14)22(24)25/h1-10H,11H2,(H,20,23). The smallest absolute Gasteiger partial charge is 0.292 e. The van der Waals surface area contributed by atoms with Crippen molar-refractivity contribution in [2.75, 3.05) is 5.32 Å². The molecule has 3 aromatic rings. The maximum atomic E-state index is 12.5. The molecule has 0 aliphatic carbocycles. The number of hydrogen-bond acceptors (Lipinski definition) is 5. The van der Waals surface area contributed by atoms with Crippen molar-refractivity contribution >= 4 is 28.9 Å². The van der Waals surface area contributed by atoms with E-state index in [0.717, 1.165) is 0 Å². The van der Waals surface area contributed by atoms with Crippen molar-refractivity contribution in [2.45, 2.75) is 6.73 Å². The molecule has 0 aliphatic rings. The monoisotopic (exact) mass is 372 g/mol. The van der Waals surface area contributed by atoms with Gasteiger partial charge in [0.2, 0.25) is 0 Å². The first-order valence-corrected chi connectivity index (χ1v) is 7.87. The van der Waals surface area contributed by atoms with E-state index < -0.39 is 10.8 Å². The number of ether oxygens (including phenoxy) is 1. The Balaban J connectivity index is 1.72. The zero-order valence-corrected chi connectivity index (χ0v) is 14.1. The Morgan fingerprint density at radius 2 is 1.92 bits per heavy atom. The second-order valence-electron chi connectivity index (χ2n) is 5.17. The number of anilines is 1. The molecule has 0 aliphatic heterocycles. The summed E-state index contributed by atoms with van der Waals surface area (Å²) in [6, 6.07) is 14.1. The van der Waals surface area contributed by atoms with Gasteiger partial charge in [0, 0.05) is 17.3 Å². The van der Waals surface area contributed by atoms with Gasteiger partial charge >= 0.3 is 0 Å². The second-order valence-corrected chi connectivity index (χ2v) is 5.61. The van der Waals surface area contributed by atoms with E-state index in [1.54, 1.807) is 30.3 Å². The minimum absolute atomic E-state index is 0.00569. The van der Waals surface area contributed by atoms with E-state index in [-0.39, 0.29) is 23.8 Å². The van der Waals surface area contributed by atoms with Crippen molar-refractivity contribution in [2.24, 2.45) is 0 Å². The number of nitro groups is 1. The third-order valence-electron chi connectivity index (χ3n) is 3.47. The summed E-state index contributed by atoms with van der Waals surface area (Å²) in [4.78, 5) is 22.9. The second kappa shape index (κ2) is 7.66. The molecule has 26 heavy (non-hydrogen) atoms. The van der Waals surface area contributed by atoms with Crippen LogP contribution in [0.15, 0.2) is 60.8 Å². The van der Waals surface area contributed by atoms with E-state index >= 15 is 0 Å². The van der Waals surface area contributed by atoms with E-state index in [0.29, 0.717) is 10.8 Å². The molecule has 8 nitrogen and oxygen atoms in total. The number of carbonyl (C=O) groups excluding carboxylic acids is 1. The molecular formula is C17H13ClN4O4. The van der Waals surface area contributed by atoms with Gasteiger partial charge in [0.05, 0.1) is 4.92 Å². The molecule has 0 saturated carbocycles. The molecular weight excluding hydrogens is 360 g/mol. The quantitative estimate of drug-likeness (QED) is 0.525. The number of hydrogen-bond donors (Lipinski definition) is 1. The summed E-state index contributed by atoms with van der Waals surface area (Å²) in [5.74, 6) is 0.0338. The number of aromatic nitrogens is 2. The maximum Gasteiger partial charge on any atom is 0.292 e. The summed E-state index contributed by atoms with van der Waals surface area (Å²) in [6.07, 6.45) is 1.44. The van der Waals surface area contributed by atoms with Crippen LogP contribution >= 0.6 is 11.6 Å². The molecule has 2 aromatic carbocycles. The normalized spacial score (nSPS) is 10.3. The molecule has 0 radical (unpaired) electrons. The summed E-state index contributed by atoms with van der Waals surface area (Å²) in [5, 5.41) is 18.2. The topological polar surface area (TPSA) is 99.3 Å². The van der Waals surface area contributed by atoms with Crippen molar-refractivity contribution in [1.82, 2.24) is 9.78 Å². The predicted octanol–water partition coefficient (Wildman–Crippen LogP) is 3.73. The minimum atomic E-state index is -0.559. The van der Waals surface area contributed by atoms with Crippen LogP contribution in [0.5, 0.6) is 5.75 Å². The van der Waals surface area contributed by atoms with Gasteiger partial charge < -0.3 is 10.1 Å². The zero-order chi connectivity index (χ0) is 18.5. The van der Waals surface area contributed by atoms with E-state index in [9.17, 15) is 14.9 Å². The highest BCUT2D eigenvalue weighted by atomic mass is 35.5. The van der Waals surface area contributed by atoms with Crippen LogP contribution in [0.2, 0.25) is 5.02 Å². The van der Waals surface area contributed by atoms with Crippen molar-refractivity contribution in [3.63, 3.8) is 0 Å². The van der Waals surface area contributed by atoms with Gasteiger partial charge in [-0.05, 0) is 36.4 Å². The molecule has 0 spiro atoms. The average molecular weight is 373 g/mol. The fraction of sp³-hybridized carbons (Fsp3) is 0.0588. The molecule has 1 aromatic heterocycles. The number of carbonyl (C=O) groups is 1. The van der Waals surface area contributed by atoms with Crippen molar-refractivity contribution in [1.29, 1.82) is 0 Å². The number of amides is 1. The lowest BCUT2D eigenvalue weighted by Crippen LogP contribution is -2.20. The Labute approximate surface area is 153 Å². The van der Waals surface area contributed by atoms with Crippen LogP contribution in [-0.2, 0) is 6.73 Å². The number of rotatable bonds is 6. The summed E-state index contributed by atoms with van der Waals surface area (Å²) in [7, 11) is 0. The third-order valence-corrected chi connectivity index (χ3v) is 3.72. The van der Waals surface area contributed by atoms with Crippen molar-refractivity contribution < 1.29 is 14.5 Å². The number of nitrogens with zero attached hydrogens (tertiary/aromatic N) is 3. The van der Waals surface area contributed by atoms with Gasteiger partial charge in [0.1, 0.15) is 17.1 Å². The van der Waals surface area contributed by atoms with Crippen molar-refractivity contribution in [3.05, 3.63) is 81.6 Å². The molecule has 0 atom stereocenters. The Morgan fingerprint density at radius 1 is 1.19 bits per heavy atom. The van der Waals surface area contributed by atoms with Crippen LogP contribution in [-0.4, -0.2) is 20.6 Å². The number of benzene rings is 2. The van der Waals surface area contributed by atoms with Crippen LogP contribution < -0.4 is 10.1 Å². The zero-order valence-electron chi connectivity index (χ0n) is 13.3. The van der Waals surface area contributed by atoms with Gasteiger partial charge in [-0.15, -0.1) is 0 Å². The Morgan fingerprint density at radius 3 is 2.65 bits per heavy atom. The minimum Gasteiger partial charge on any atom is -0.471 e. The molecule has 1 N–H and O–H groups in total. The fourth-order valence-electron chi connectivity index (χ4n) is 2.22. The lowest BCUT2D eigenvalue weighted by molar-refractivity contribution is -0.383. The Bertz CT molecular complexity index is 940. The molecule has 1 heterocycles.